The Morgan fingerprint density at radius 2 is 1.77 bits per heavy atom. The largest absolute Gasteiger partial charge is 0.476 e. The van der Waals surface area contributed by atoms with E-state index >= 15 is 0 Å². The van der Waals surface area contributed by atoms with Crippen molar-refractivity contribution in [1.82, 2.24) is 20.6 Å². The van der Waals surface area contributed by atoms with Gasteiger partial charge in [-0.15, -0.1) is 0 Å². The van der Waals surface area contributed by atoms with Crippen LogP contribution in [0.4, 0.5) is 32.7 Å². The zero-order valence-corrected chi connectivity index (χ0v) is 21.4. The number of piperidine rings is 1. The van der Waals surface area contributed by atoms with Gasteiger partial charge in [0.25, 0.3) is 5.91 Å². The predicted octanol–water partition coefficient (Wildman–Crippen LogP) is 3.20. The molecule has 39 heavy (non-hydrogen) atoms. The molecule has 5 rings (SSSR count). The van der Waals surface area contributed by atoms with Crippen LogP contribution >= 0.6 is 0 Å². The molecule has 14 nitrogen and oxygen atoms in total. The van der Waals surface area contributed by atoms with Gasteiger partial charge in [0.1, 0.15) is 11.3 Å². The van der Waals surface area contributed by atoms with Crippen LogP contribution in [0.1, 0.15) is 26.7 Å². The number of hydrogen-bond donors (Lipinski definition) is 6. The molecule has 0 saturated carbocycles. The first kappa shape index (κ1) is 25.9. The van der Waals surface area contributed by atoms with Gasteiger partial charge >= 0.3 is 12.2 Å². The molecule has 3 amide bonds. The first-order valence-corrected chi connectivity index (χ1v) is 12.4. The third kappa shape index (κ3) is 5.44. The Bertz CT molecular complexity index is 1410. The number of aromatic nitrogens is 2. The molecule has 0 unspecified atom stereocenters. The number of furan rings is 1. The molecule has 14 heteroatoms. The van der Waals surface area contributed by atoms with E-state index in [9.17, 15) is 14.4 Å². The van der Waals surface area contributed by atoms with Gasteiger partial charge in [0.15, 0.2) is 17.0 Å². The number of rotatable bonds is 7. The highest BCUT2D eigenvalue weighted by Gasteiger charge is 2.37. The zero-order chi connectivity index (χ0) is 27.8. The van der Waals surface area contributed by atoms with E-state index in [1.807, 2.05) is 4.90 Å². The second-order valence-corrected chi connectivity index (χ2v) is 10.2. The van der Waals surface area contributed by atoms with E-state index in [2.05, 4.69) is 26.3 Å². The fourth-order valence-electron chi connectivity index (χ4n) is 4.77. The van der Waals surface area contributed by atoms with Crippen LogP contribution in [0.15, 0.2) is 34.9 Å². The molecule has 2 aliphatic rings. The summed E-state index contributed by atoms with van der Waals surface area (Å²) in [4.78, 5) is 45.8. The monoisotopic (exact) mass is 539 g/mol. The van der Waals surface area contributed by atoms with Crippen LogP contribution in [0, 0.1) is 5.41 Å². The lowest BCUT2D eigenvalue weighted by atomic mass is 9.78. The number of carbonyl (C=O) groups is 3. The summed E-state index contributed by atoms with van der Waals surface area (Å²) in [6.45, 7) is 4.63. The highest BCUT2D eigenvalue weighted by atomic mass is 16.5. The minimum Gasteiger partial charge on any atom is -0.476 e. The molecular formula is C25H29N7O7. The van der Waals surface area contributed by atoms with E-state index < -0.39 is 23.2 Å². The Morgan fingerprint density at radius 1 is 1.08 bits per heavy atom. The normalized spacial score (nSPS) is 17.5. The average molecular weight is 540 g/mol. The summed E-state index contributed by atoms with van der Waals surface area (Å²) in [7, 11) is 0. The standard InChI is InChI=1S/C25H29N7O7/c1-24(2)20(33)29-16-11-14(3-4-17(16)39-24)28-21-30-15-5-10-38-18(15)19(31-21)32-8-6-25(7-9-32,12-26-22(34)35)13-27-23(36)37/h3-5,10-11,26-27H,6-9,12-13H2,1-2H3,(H,29,33)(H,34,35)(H,36,37)(H,28,30,31). The van der Waals surface area contributed by atoms with Crippen molar-refractivity contribution in [3.63, 3.8) is 0 Å². The predicted molar refractivity (Wildman–Crippen MR) is 141 cm³/mol. The van der Waals surface area contributed by atoms with Crippen LogP contribution < -0.4 is 30.9 Å². The number of carbonyl (C=O) groups excluding carboxylic acids is 1. The third-order valence-electron chi connectivity index (χ3n) is 7.03. The number of ether oxygens (including phenoxy) is 1. The number of amides is 3. The molecule has 3 aromatic rings. The number of nitrogens with one attached hydrogen (secondary N) is 4. The summed E-state index contributed by atoms with van der Waals surface area (Å²) in [5.41, 5.74) is 0.735. The SMILES string of the molecule is CC1(C)Oc2ccc(Nc3nc(N4CCC(CNC(=O)O)(CNC(=O)O)CC4)c4occc4n3)cc2NC1=O. The Balaban J connectivity index is 1.36. The maximum absolute atomic E-state index is 12.3. The Hall–Kier alpha value is -4.75. The maximum atomic E-state index is 12.3. The van der Waals surface area contributed by atoms with Crippen molar-refractivity contribution in [3.05, 3.63) is 30.5 Å². The Morgan fingerprint density at radius 3 is 2.44 bits per heavy atom. The first-order valence-electron chi connectivity index (χ1n) is 12.4. The number of nitrogens with zero attached hydrogens (tertiary/aromatic N) is 3. The molecule has 2 aromatic heterocycles. The highest BCUT2D eigenvalue weighted by molar-refractivity contribution is 6.00. The second-order valence-electron chi connectivity index (χ2n) is 10.2. The zero-order valence-electron chi connectivity index (χ0n) is 21.4. The van der Waals surface area contributed by atoms with Crippen LogP contribution in [-0.4, -0.2) is 70.1 Å². The summed E-state index contributed by atoms with van der Waals surface area (Å²) in [6, 6.07) is 7.04. The number of fused-ring (bicyclic) bond motifs is 2. The smallest absolute Gasteiger partial charge is 0.404 e. The van der Waals surface area contributed by atoms with Crippen LogP contribution in [0.3, 0.4) is 0 Å². The quantitative estimate of drug-likeness (QED) is 0.258. The van der Waals surface area contributed by atoms with Gasteiger partial charge in [-0.05, 0) is 44.9 Å². The molecule has 1 fully saturated rings. The lowest BCUT2D eigenvalue weighted by molar-refractivity contribution is -0.129. The molecule has 1 saturated heterocycles. The molecule has 0 aliphatic carbocycles. The van der Waals surface area contributed by atoms with Crippen molar-refractivity contribution in [2.75, 3.05) is 41.7 Å². The van der Waals surface area contributed by atoms with Crippen molar-refractivity contribution in [1.29, 1.82) is 0 Å². The average Bonchev–Trinajstić information content (AvgIpc) is 3.36. The maximum Gasteiger partial charge on any atom is 0.404 e. The fourth-order valence-corrected chi connectivity index (χ4v) is 4.77. The minimum absolute atomic E-state index is 0.124. The van der Waals surface area contributed by atoms with Gasteiger partial charge in [-0.2, -0.15) is 4.98 Å². The third-order valence-corrected chi connectivity index (χ3v) is 7.03. The van der Waals surface area contributed by atoms with Crippen LogP contribution in [0.2, 0.25) is 0 Å². The van der Waals surface area contributed by atoms with Gasteiger partial charge in [0.2, 0.25) is 5.95 Å². The molecular weight excluding hydrogens is 510 g/mol. The molecule has 0 bridgehead atoms. The summed E-state index contributed by atoms with van der Waals surface area (Å²) >= 11 is 0. The molecule has 0 atom stereocenters. The summed E-state index contributed by atoms with van der Waals surface area (Å²) in [5.74, 6) is 1.20. The van der Waals surface area contributed by atoms with E-state index in [1.165, 1.54) is 6.26 Å². The fraction of sp³-hybridized carbons (Fsp3) is 0.400. The lowest BCUT2D eigenvalue weighted by Crippen LogP contribution is -2.51. The number of benzene rings is 1. The molecule has 2 aliphatic heterocycles. The van der Waals surface area contributed by atoms with E-state index in [4.69, 9.17) is 24.4 Å². The van der Waals surface area contributed by atoms with Crippen LogP contribution in [0.5, 0.6) is 5.75 Å². The van der Waals surface area contributed by atoms with Crippen molar-refractivity contribution >= 4 is 52.3 Å². The van der Waals surface area contributed by atoms with Crippen molar-refractivity contribution in [2.24, 2.45) is 5.41 Å². The minimum atomic E-state index is -1.16. The molecule has 4 heterocycles. The van der Waals surface area contributed by atoms with E-state index in [0.717, 1.165) is 0 Å². The van der Waals surface area contributed by atoms with Crippen molar-refractivity contribution in [3.8, 4) is 5.75 Å². The van der Waals surface area contributed by atoms with Crippen molar-refractivity contribution in [2.45, 2.75) is 32.3 Å². The summed E-state index contributed by atoms with van der Waals surface area (Å²) < 4.78 is 11.5. The molecule has 6 N–H and O–H groups in total. The van der Waals surface area contributed by atoms with Crippen LogP contribution in [-0.2, 0) is 4.79 Å². The van der Waals surface area contributed by atoms with Gasteiger partial charge in [-0.3, -0.25) is 4.79 Å². The highest BCUT2D eigenvalue weighted by Crippen LogP contribution is 2.38. The van der Waals surface area contributed by atoms with Gasteiger partial charge in [-0.25, -0.2) is 14.6 Å². The summed E-state index contributed by atoms with van der Waals surface area (Å²) in [6.07, 6.45) is 0.246. The molecule has 1 aromatic carbocycles. The van der Waals surface area contributed by atoms with Gasteiger partial charge in [-0.1, -0.05) is 0 Å². The van der Waals surface area contributed by atoms with Crippen molar-refractivity contribution < 1.29 is 33.8 Å². The summed E-state index contributed by atoms with van der Waals surface area (Å²) in [5, 5.41) is 29.0. The Kier molecular flexibility index (Phi) is 6.54. The first-order chi connectivity index (χ1) is 18.5. The molecule has 206 valence electrons. The lowest BCUT2D eigenvalue weighted by Gasteiger charge is -2.42. The van der Waals surface area contributed by atoms with Crippen LogP contribution in [0.25, 0.3) is 11.1 Å². The van der Waals surface area contributed by atoms with Gasteiger partial charge in [0.05, 0.1) is 12.0 Å². The number of anilines is 4. The molecule has 0 radical (unpaired) electrons. The number of hydrogen-bond acceptors (Lipinski definition) is 9. The van der Waals surface area contributed by atoms with Gasteiger partial charge < -0.3 is 45.5 Å². The van der Waals surface area contributed by atoms with E-state index in [-0.39, 0.29) is 19.0 Å². The molecule has 0 spiro atoms. The Labute approximate surface area is 222 Å². The number of carboxylic acid groups (broad SMARTS) is 2. The topological polar surface area (TPSA) is 191 Å². The van der Waals surface area contributed by atoms with Gasteiger partial charge in [0, 0.05) is 43.3 Å². The second kappa shape index (κ2) is 9.85. The van der Waals surface area contributed by atoms with E-state index in [1.54, 1.807) is 38.1 Å². The van der Waals surface area contributed by atoms with E-state index in [0.29, 0.717) is 65.9 Å².